The highest BCUT2D eigenvalue weighted by molar-refractivity contribution is 5.82. The molecule has 2 N–H and O–H groups in total. The second-order valence-corrected chi connectivity index (χ2v) is 4.49. The summed E-state index contributed by atoms with van der Waals surface area (Å²) < 4.78 is 35.9. The van der Waals surface area contributed by atoms with Crippen LogP contribution < -0.4 is 5.32 Å². The first kappa shape index (κ1) is 14.7. The molecule has 0 saturated carbocycles. The third-order valence-corrected chi connectivity index (χ3v) is 1.99. The molecule has 0 spiro atoms. The maximum Gasteiger partial charge on any atom is 0.471 e. The van der Waals surface area contributed by atoms with E-state index < -0.39 is 35.9 Å². The quantitative estimate of drug-likeness (QED) is 0.787. The predicted molar refractivity (Wildman–Crippen MR) is 49.7 cm³/mol. The molecular weight excluding hydrogens is 227 g/mol. The van der Waals surface area contributed by atoms with Crippen molar-refractivity contribution in [1.82, 2.24) is 5.32 Å². The van der Waals surface area contributed by atoms with Crippen LogP contribution in [-0.4, -0.2) is 29.2 Å². The summed E-state index contributed by atoms with van der Waals surface area (Å²) in [7, 11) is 0. The third kappa shape index (κ3) is 4.99. The zero-order chi connectivity index (χ0) is 13.1. The number of aliphatic carboxylic acids is 1. The Hall–Kier alpha value is -1.27. The number of nitrogens with one attached hydrogen (secondary N) is 1. The highest BCUT2D eigenvalue weighted by Crippen LogP contribution is 2.24. The zero-order valence-corrected chi connectivity index (χ0v) is 9.18. The molecule has 4 nitrogen and oxygen atoms in total. The highest BCUT2D eigenvalue weighted by Gasteiger charge is 2.41. The number of carbonyl (C=O) groups excluding carboxylic acids is 1. The monoisotopic (exact) mass is 241 g/mol. The summed E-state index contributed by atoms with van der Waals surface area (Å²) in [5.41, 5.74) is -0.765. The van der Waals surface area contributed by atoms with Crippen LogP contribution in [0.25, 0.3) is 0 Å². The van der Waals surface area contributed by atoms with Crippen LogP contribution in [-0.2, 0) is 9.59 Å². The van der Waals surface area contributed by atoms with E-state index in [9.17, 15) is 22.8 Å². The van der Waals surface area contributed by atoms with Gasteiger partial charge in [-0.1, -0.05) is 20.8 Å². The molecule has 0 bridgehead atoms. The summed E-state index contributed by atoms with van der Waals surface area (Å²) in [4.78, 5) is 21.1. The molecule has 0 aromatic rings. The fourth-order valence-corrected chi connectivity index (χ4v) is 0.988. The summed E-state index contributed by atoms with van der Waals surface area (Å²) in [5.74, 6) is -3.38. The highest BCUT2D eigenvalue weighted by atomic mass is 19.4. The van der Waals surface area contributed by atoms with Crippen LogP contribution in [0.3, 0.4) is 0 Å². The standard InChI is InChI=1S/C9H14F3NO3/c1-8(2,3)5(4-6(14)15)13-7(16)9(10,11)12/h5H,4H2,1-3H3,(H,13,16)(H,14,15). The van der Waals surface area contributed by atoms with Gasteiger partial charge in [-0.25, -0.2) is 0 Å². The Kier molecular flexibility index (Phi) is 4.34. The van der Waals surface area contributed by atoms with E-state index in [-0.39, 0.29) is 0 Å². The first-order valence-corrected chi connectivity index (χ1v) is 4.54. The smallest absolute Gasteiger partial charge is 0.471 e. The van der Waals surface area contributed by atoms with Gasteiger partial charge >= 0.3 is 18.1 Å². The average molecular weight is 241 g/mol. The molecule has 1 atom stereocenters. The van der Waals surface area contributed by atoms with Gasteiger partial charge in [0.15, 0.2) is 0 Å². The van der Waals surface area contributed by atoms with Gasteiger partial charge < -0.3 is 10.4 Å². The normalized spacial score (nSPS) is 14.4. The van der Waals surface area contributed by atoms with Crippen LogP contribution in [0.15, 0.2) is 0 Å². The van der Waals surface area contributed by atoms with Gasteiger partial charge in [-0.3, -0.25) is 9.59 Å². The molecule has 0 radical (unpaired) electrons. The number of hydrogen-bond donors (Lipinski definition) is 2. The molecule has 0 fully saturated rings. The molecule has 0 aromatic carbocycles. The molecule has 0 aromatic heterocycles. The van der Waals surface area contributed by atoms with E-state index in [0.717, 1.165) is 0 Å². The minimum absolute atomic E-state index is 0.550. The lowest BCUT2D eigenvalue weighted by Crippen LogP contribution is -2.49. The van der Waals surface area contributed by atoms with Crippen LogP contribution in [0, 0.1) is 5.41 Å². The number of carbonyl (C=O) groups is 2. The number of amides is 1. The molecule has 0 aliphatic rings. The second-order valence-electron chi connectivity index (χ2n) is 4.49. The first-order chi connectivity index (χ1) is 6.94. The summed E-state index contributed by atoms with van der Waals surface area (Å²) in [6, 6.07) is -1.07. The number of rotatable bonds is 3. The number of carboxylic acid groups (broad SMARTS) is 1. The summed E-state index contributed by atoms with van der Waals surface area (Å²) in [5, 5.41) is 10.2. The molecule has 1 unspecified atom stereocenters. The lowest BCUT2D eigenvalue weighted by atomic mass is 9.84. The Bertz CT molecular complexity index is 281. The molecule has 0 aliphatic carbocycles. The topological polar surface area (TPSA) is 66.4 Å². The fourth-order valence-electron chi connectivity index (χ4n) is 0.988. The summed E-state index contributed by atoms with van der Waals surface area (Å²) >= 11 is 0. The van der Waals surface area contributed by atoms with Crippen LogP contribution in [0.2, 0.25) is 0 Å². The largest absolute Gasteiger partial charge is 0.481 e. The zero-order valence-electron chi connectivity index (χ0n) is 9.18. The molecule has 16 heavy (non-hydrogen) atoms. The van der Waals surface area contributed by atoms with Crippen molar-refractivity contribution in [3.05, 3.63) is 0 Å². The SMILES string of the molecule is CC(C)(C)C(CC(=O)O)NC(=O)C(F)(F)F. The molecule has 94 valence electrons. The van der Waals surface area contributed by atoms with Crippen molar-refractivity contribution in [2.75, 3.05) is 0 Å². The van der Waals surface area contributed by atoms with Gasteiger partial charge in [0, 0.05) is 6.04 Å². The van der Waals surface area contributed by atoms with E-state index in [1.165, 1.54) is 0 Å². The Morgan fingerprint density at radius 3 is 1.94 bits per heavy atom. The van der Waals surface area contributed by atoms with E-state index in [0.29, 0.717) is 0 Å². The number of hydrogen-bond acceptors (Lipinski definition) is 2. The maximum absolute atomic E-state index is 12.0. The van der Waals surface area contributed by atoms with Crippen molar-refractivity contribution in [1.29, 1.82) is 0 Å². The lowest BCUT2D eigenvalue weighted by Gasteiger charge is -2.30. The van der Waals surface area contributed by atoms with E-state index in [1.54, 1.807) is 26.1 Å². The minimum atomic E-state index is -5.00. The van der Waals surface area contributed by atoms with Crippen LogP contribution in [0.1, 0.15) is 27.2 Å². The van der Waals surface area contributed by atoms with Crippen molar-refractivity contribution in [2.45, 2.75) is 39.4 Å². The molecule has 7 heteroatoms. The minimum Gasteiger partial charge on any atom is -0.481 e. The van der Waals surface area contributed by atoms with Crippen molar-refractivity contribution >= 4 is 11.9 Å². The van der Waals surface area contributed by atoms with Gasteiger partial charge in [-0.2, -0.15) is 13.2 Å². The molecule has 0 rings (SSSR count). The van der Waals surface area contributed by atoms with Gasteiger partial charge in [0.2, 0.25) is 0 Å². The van der Waals surface area contributed by atoms with Gasteiger partial charge in [0.25, 0.3) is 0 Å². The van der Waals surface area contributed by atoms with E-state index in [2.05, 4.69) is 0 Å². The Morgan fingerprint density at radius 1 is 1.25 bits per heavy atom. The van der Waals surface area contributed by atoms with Gasteiger partial charge in [-0.05, 0) is 5.41 Å². The average Bonchev–Trinajstić information content (AvgIpc) is 1.98. The van der Waals surface area contributed by atoms with Crippen molar-refractivity contribution < 1.29 is 27.9 Å². The van der Waals surface area contributed by atoms with Crippen LogP contribution in [0.5, 0.6) is 0 Å². The predicted octanol–water partition coefficient (Wildman–Crippen LogP) is 1.55. The van der Waals surface area contributed by atoms with Gasteiger partial charge in [0.05, 0.1) is 6.42 Å². The first-order valence-electron chi connectivity index (χ1n) is 4.54. The van der Waals surface area contributed by atoms with E-state index >= 15 is 0 Å². The molecule has 0 heterocycles. The number of halogens is 3. The Balaban J connectivity index is 4.70. The maximum atomic E-state index is 12.0. The van der Waals surface area contributed by atoms with Crippen molar-refractivity contribution in [3.63, 3.8) is 0 Å². The molecular formula is C9H14F3NO3. The van der Waals surface area contributed by atoms with Gasteiger partial charge in [0.1, 0.15) is 0 Å². The van der Waals surface area contributed by atoms with Crippen molar-refractivity contribution in [3.8, 4) is 0 Å². The van der Waals surface area contributed by atoms with E-state index in [1.807, 2.05) is 0 Å². The Labute approximate surface area is 90.8 Å². The van der Waals surface area contributed by atoms with E-state index in [4.69, 9.17) is 5.11 Å². The lowest BCUT2D eigenvalue weighted by molar-refractivity contribution is -0.175. The third-order valence-electron chi connectivity index (χ3n) is 1.99. The second kappa shape index (κ2) is 4.71. The molecule has 1 amide bonds. The molecule has 0 saturated heterocycles. The van der Waals surface area contributed by atoms with Crippen molar-refractivity contribution in [2.24, 2.45) is 5.41 Å². The summed E-state index contributed by atoms with van der Waals surface area (Å²) in [6.45, 7) is 4.66. The number of alkyl halides is 3. The summed E-state index contributed by atoms with van der Waals surface area (Å²) in [6.07, 6.45) is -5.55. The van der Waals surface area contributed by atoms with Crippen LogP contribution >= 0.6 is 0 Å². The van der Waals surface area contributed by atoms with Gasteiger partial charge in [-0.15, -0.1) is 0 Å². The number of carboxylic acids is 1. The van der Waals surface area contributed by atoms with Crippen LogP contribution in [0.4, 0.5) is 13.2 Å². The molecule has 0 aliphatic heterocycles. The Morgan fingerprint density at radius 2 is 1.69 bits per heavy atom. The fraction of sp³-hybridized carbons (Fsp3) is 0.778.